The molecular weight excluding hydrogens is 198 g/mol. The second-order valence-electron chi connectivity index (χ2n) is 2.95. The van der Waals surface area contributed by atoms with Gasteiger partial charge in [-0.3, -0.25) is 4.90 Å². The molecule has 0 aromatic heterocycles. The molecular formula is C14H27NO. The van der Waals surface area contributed by atoms with Crippen molar-refractivity contribution in [2.45, 2.75) is 34.2 Å². The maximum absolute atomic E-state index is 8.67. The Morgan fingerprint density at radius 2 is 1.50 bits per heavy atom. The van der Waals surface area contributed by atoms with E-state index in [1.54, 1.807) is 0 Å². The van der Waals surface area contributed by atoms with Crippen LogP contribution in [-0.4, -0.2) is 30.2 Å². The van der Waals surface area contributed by atoms with Crippen LogP contribution in [0, 0.1) is 0 Å². The van der Waals surface area contributed by atoms with Gasteiger partial charge in [-0.2, -0.15) is 0 Å². The molecule has 94 valence electrons. The molecule has 0 saturated carbocycles. The fourth-order valence-corrected chi connectivity index (χ4v) is 1.14. The summed E-state index contributed by atoms with van der Waals surface area (Å²) in [6.07, 6.45) is 0. The zero-order valence-corrected chi connectivity index (χ0v) is 11.4. The third-order valence-electron chi connectivity index (χ3n) is 1.78. The summed E-state index contributed by atoms with van der Waals surface area (Å²) in [5.41, 5.74) is 1.29. The Morgan fingerprint density at radius 1 is 1.00 bits per heavy atom. The van der Waals surface area contributed by atoms with E-state index in [2.05, 4.69) is 17.0 Å². The van der Waals surface area contributed by atoms with Crippen LogP contribution >= 0.6 is 0 Å². The lowest BCUT2D eigenvalue weighted by atomic mass is 10.2. The molecule has 0 radical (unpaired) electrons. The van der Waals surface area contributed by atoms with E-state index in [-0.39, 0.29) is 6.61 Å². The molecule has 0 atom stereocenters. The molecule has 0 heterocycles. The molecule has 0 fully saturated rings. The summed E-state index contributed by atoms with van der Waals surface area (Å²) in [6, 6.07) is 10.3. The maximum Gasteiger partial charge on any atom is 0.0558 e. The molecule has 2 nitrogen and oxygen atoms in total. The molecule has 0 aliphatic heterocycles. The van der Waals surface area contributed by atoms with E-state index in [1.165, 1.54) is 5.56 Å². The van der Waals surface area contributed by atoms with E-state index in [4.69, 9.17) is 5.11 Å². The predicted octanol–water partition coefficient (Wildman–Crippen LogP) is 3.16. The quantitative estimate of drug-likeness (QED) is 0.851. The molecule has 0 spiro atoms. The summed E-state index contributed by atoms with van der Waals surface area (Å²) in [7, 11) is 2.00. The number of hydrogen-bond donors (Lipinski definition) is 1. The topological polar surface area (TPSA) is 23.5 Å². The molecule has 1 aromatic carbocycles. The minimum Gasteiger partial charge on any atom is -0.395 e. The SMILES string of the molecule is CC.CC.CN(CCO)Cc1ccccc1. The largest absolute Gasteiger partial charge is 0.395 e. The van der Waals surface area contributed by atoms with Gasteiger partial charge >= 0.3 is 0 Å². The van der Waals surface area contributed by atoms with Crippen LogP contribution < -0.4 is 0 Å². The summed E-state index contributed by atoms with van der Waals surface area (Å²) in [5.74, 6) is 0. The van der Waals surface area contributed by atoms with E-state index >= 15 is 0 Å². The van der Waals surface area contributed by atoms with Gasteiger partial charge in [0.15, 0.2) is 0 Å². The van der Waals surface area contributed by atoms with E-state index < -0.39 is 0 Å². The van der Waals surface area contributed by atoms with Crippen LogP contribution in [0.2, 0.25) is 0 Å². The second-order valence-corrected chi connectivity index (χ2v) is 2.95. The highest BCUT2D eigenvalue weighted by atomic mass is 16.3. The van der Waals surface area contributed by atoms with Gasteiger partial charge < -0.3 is 5.11 Å². The summed E-state index contributed by atoms with van der Waals surface area (Å²) in [5, 5.41) is 8.67. The molecule has 0 saturated heterocycles. The first kappa shape index (κ1) is 17.5. The molecule has 0 bridgehead atoms. The van der Waals surface area contributed by atoms with Crippen molar-refractivity contribution in [2.75, 3.05) is 20.2 Å². The Kier molecular flexibility index (Phi) is 15.5. The highest BCUT2D eigenvalue weighted by molar-refractivity contribution is 5.14. The first-order valence-corrected chi connectivity index (χ1v) is 6.16. The standard InChI is InChI=1S/C10H15NO.2C2H6/c1-11(7-8-12)9-10-5-3-2-4-6-10;2*1-2/h2-6,12H,7-9H2,1H3;2*1-2H3. The molecule has 2 heteroatoms. The van der Waals surface area contributed by atoms with E-state index in [9.17, 15) is 0 Å². The van der Waals surface area contributed by atoms with E-state index in [1.807, 2.05) is 52.9 Å². The van der Waals surface area contributed by atoms with Gasteiger partial charge in [-0.25, -0.2) is 0 Å². The van der Waals surface area contributed by atoms with Gasteiger partial charge in [0.2, 0.25) is 0 Å². The molecule has 1 aromatic rings. The number of hydrogen-bond acceptors (Lipinski definition) is 2. The van der Waals surface area contributed by atoms with Crippen LogP contribution in [0.15, 0.2) is 30.3 Å². The zero-order valence-electron chi connectivity index (χ0n) is 11.4. The number of aliphatic hydroxyl groups excluding tert-OH is 1. The van der Waals surface area contributed by atoms with Gasteiger partial charge in [0.1, 0.15) is 0 Å². The average molecular weight is 225 g/mol. The first-order chi connectivity index (χ1) is 7.83. The van der Waals surface area contributed by atoms with Crippen molar-refractivity contribution < 1.29 is 5.11 Å². The first-order valence-electron chi connectivity index (χ1n) is 6.16. The number of aliphatic hydroxyl groups is 1. The monoisotopic (exact) mass is 225 g/mol. The Balaban J connectivity index is 0. The maximum atomic E-state index is 8.67. The summed E-state index contributed by atoms with van der Waals surface area (Å²) >= 11 is 0. The highest BCUT2D eigenvalue weighted by Gasteiger charge is 1.97. The molecule has 1 rings (SSSR count). The number of rotatable bonds is 4. The van der Waals surface area contributed by atoms with Crippen molar-refractivity contribution in [1.82, 2.24) is 4.90 Å². The van der Waals surface area contributed by atoms with Crippen molar-refractivity contribution >= 4 is 0 Å². The fraction of sp³-hybridized carbons (Fsp3) is 0.571. The number of benzene rings is 1. The number of likely N-dealkylation sites (N-methyl/N-ethyl adjacent to an activating group) is 1. The van der Waals surface area contributed by atoms with Crippen LogP contribution in [0.25, 0.3) is 0 Å². The molecule has 0 aliphatic carbocycles. The lowest BCUT2D eigenvalue weighted by Crippen LogP contribution is -2.21. The lowest BCUT2D eigenvalue weighted by molar-refractivity contribution is 0.217. The van der Waals surface area contributed by atoms with E-state index in [0.29, 0.717) is 0 Å². The van der Waals surface area contributed by atoms with Crippen LogP contribution in [-0.2, 0) is 6.54 Å². The fourth-order valence-electron chi connectivity index (χ4n) is 1.14. The summed E-state index contributed by atoms with van der Waals surface area (Å²) in [6.45, 7) is 9.86. The average Bonchev–Trinajstić information content (AvgIpc) is 2.36. The Hall–Kier alpha value is -0.860. The molecule has 0 aliphatic rings. The van der Waals surface area contributed by atoms with Crippen LogP contribution in [0.3, 0.4) is 0 Å². The van der Waals surface area contributed by atoms with Crippen molar-refractivity contribution in [3.63, 3.8) is 0 Å². The predicted molar refractivity (Wildman–Crippen MR) is 72.6 cm³/mol. The highest BCUT2D eigenvalue weighted by Crippen LogP contribution is 2.01. The van der Waals surface area contributed by atoms with Gasteiger partial charge in [-0.15, -0.1) is 0 Å². The molecule has 0 unspecified atom stereocenters. The molecule has 0 amide bonds. The minimum atomic E-state index is 0.226. The van der Waals surface area contributed by atoms with Crippen molar-refractivity contribution in [2.24, 2.45) is 0 Å². The van der Waals surface area contributed by atoms with Gasteiger partial charge in [-0.05, 0) is 12.6 Å². The van der Waals surface area contributed by atoms with E-state index in [0.717, 1.165) is 13.1 Å². The Morgan fingerprint density at radius 3 is 1.94 bits per heavy atom. The molecule has 16 heavy (non-hydrogen) atoms. The Bertz CT molecular complexity index is 211. The van der Waals surface area contributed by atoms with Crippen molar-refractivity contribution in [1.29, 1.82) is 0 Å². The second kappa shape index (κ2) is 14.1. The third-order valence-corrected chi connectivity index (χ3v) is 1.78. The van der Waals surface area contributed by atoms with Gasteiger partial charge in [-0.1, -0.05) is 58.0 Å². The third kappa shape index (κ3) is 9.69. The van der Waals surface area contributed by atoms with Gasteiger partial charge in [0, 0.05) is 13.1 Å². The summed E-state index contributed by atoms with van der Waals surface area (Å²) in [4.78, 5) is 2.09. The van der Waals surface area contributed by atoms with Crippen LogP contribution in [0.4, 0.5) is 0 Å². The molecule has 1 N–H and O–H groups in total. The smallest absolute Gasteiger partial charge is 0.0558 e. The van der Waals surface area contributed by atoms with Crippen LogP contribution in [0.5, 0.6) is 0 Å². The zero-order chi connectivity index (χ0) is 12.8. The van der Waals surface area contributed by atoms with Gasteiger partial charge in [0.25, 0.3) is 0 Å². The minimum absolute atomic E-state index is 0.226. The van der Waals surface area contributed by atoms with Crippen LogP contribution in [0.1, 0.15) is 33.3 Å². The van der Waals surface area contributed by atoms with Gasteiger partial charge in [0.05, 0.1) is 6.61 Å². The normalized spacial score (nSPS) is 8.69. The van der Waals surface area contributed by atoms with Crippen molar-refractivity contribution in [3.8, 4) is 0 Å². The lowest BCUT2D eigenvalue weighted by Gasteiger charge is -2.14. The number of nitrogens with zero attached hydrogens (tertiary/aromatic N) is 1. The Labute approximate surface area is 101 Å². The summed E-state index contributed by atoms with van der Waals surface area (Å²) < 4.78 is 0. The van der Waals surface area contributed by atoms with Crippen molar-refractivity contribution in [3.05, 3.63) is 35.9 Å².